The second kappa shape index (κ2) is 8.93. The fraction of sp³-hybridized carbons (Fsp3) is 0.231. The summed E-state index contributed by atoms with van der Waals surface area (Å²) in [5, 5.41) is 12.1. The molecular formula is C26H24N2O3. The Balaban J connectivity index is 1.34. The van der Waals surface area contributed by atoms with Gasteiger partial charge in [-0.25, -0.2) is 0 Å². The molecule has 1 aliphatic carbocycles. The molecule has 4 rings (SSSR count). The molecule has 3 aromatic carbocycles. The molecule has 1 saturated carbocycles. The molecule has 156 valence electrons. The molecule has 5 heteroatoms. The van der Waals surface area contributed by atoms with Crippen LogP contribution in [0.1, 0.15) is 34.6 Å². The maximum absolute atomic E-state index is 12.7. The number of carbonyl (C=O) groups is 1. The van der Waals surface area contributed by atoms with Gasteiger partial charge in [-0.2, -0.15) is 5.26 Å². The van der Waals surface area contributed by atoms with E-state index in [2.05, 4.69) is 11.4 Å². The summed E-state index contributed by atoms with van der Waals surface area (Å²) in [4.78, 5) is 12.7. The van der Waals surface area contributed by atoms with Crippen molar-refractivity contribution >= 4 is 11.6 Å². The molecule has 5 nitrogen and oxygen atoms in total. The van der Waals surface area contributed by atoms with Gasteiger partial charge in [0.2, 0.25) is 5.91 Å². The van der Waals surface area contributed by atoms with Gasteiger partial charge in [-0.1, -0.05) is 24.3 Å². The smallest absolute Gasteiger partial charge is 0.228 e. The summed E-state index contributed by atoms with van der Waals surface area (Å²) < 4.78 is 11.0. The Hall–Kier alpha value is -3.78. The molecular weight excluding hydrogens is 388 g/mol. The summed E-state index contributed by atoms with van der Waals surface area (Å²) >= 11 is 0. The average Bonchev–Trinajstić information content (AvgIpc) is 3.60. The molecule has 0 bridgehead atoms. The molecule has 0 aliphatic heterocycles. The molecule has 0 spiro atoms. The normalized spacial score (nSPS) is 16.8. The van der Waals surface area contributed by atoms with Crippen molar-refractivity contribution in [2.75, 3.05) is 12.4 Å². The van der Waals surface area contributed by atoms with Gasteiger partial charge in [-0.15, -0.1) is 0 Å². The molecule has 2 atom stereocenters. The van der Waals surface area contributed by atoms with Gasteiger partial charge < -0.3 is 14.8 Å². The number of aryl methyl sites for hydroxylation is 1. The van der Waals surface area contributed by atoms with E-state index >= 15 is 0 Å². The van der Waals surface area contributed by atoms with Crippen molar-refractivity contribution in [2.24, 2.45) is 5.92 Å². The second-order valence-electron chi connectivity index (χ2n) is 7.79. The average molecular weight is 412 g/mol. The summed E-state index contributed by atoms with van der Waals surface area (Å²) in [7, 11) is 1.65. The van der Waals surface area contributed by atoms with E-state index in [1.807, 2.05) is 67.6 Å². The van der Waals surface area contributed by atoms with E-state index in [1.54, 1.807) is 13.2 Å². The number of hydrogen-bond acceptors (Lipinski definition) is 4. The number of hydrogen-bond donors (Lipinski definition) is 1. The summed E-state index contributed by atoms with van der Waals surface area (Å²) in [6.07, 6.45) is 0.861. The topological polar surface area (TPSA) is 71.3 Å². The predicted molar refractivity (Wildman–Crippen MR) is 119 cm³/mol. The van der Waals surface area contributed by atoms with Crippen LogP contribution >= 0.6 is 0 Å². The molecule has 0 aromatic heterocycles. The van der Waals surface area contributed by atoms with Crippen molar-refractivity contribution in [2.45, 2.75) is 25.9 Å². The first-order valence-corrected chi connectivity index (χ1v) is 10.2. The van der Waals surface area contributed by atoms with Gasteiger partial charge >= 0.3 is 0 Å². The minimum absolute atomic E-state index is 0.00358. The van der Waals surface area contributed by atoms with Crippen molar-refractivity contribution in [1.82, 2.24) is 0 Å². The first kappa shape index (κ1) is 20.5. The SMILES string of the molecule is COc1ccc(C2CC2C(=O)Nc2ccc(OCc3cccc(C#N)c3)cc2C)cc1. The van der Waals surface area contributed by atoms with Crippen LogP contribution in [0.15, 0.2) is 66.7 Å². The van der Waals surface area contributed by atoms with Gasteiger partial charge in [0.05, 0.1) is 18.7 Å². The molecule has 0 heterocycles. The minimum atomic E-state index is -0.00358. The lowest BCUT2D eigenvalue weighted by molar-refractivity contribution is -0.117. The van der Waals surface area contributed by atoms with Crippen molar-refractivity contribution in [3.05, 3.63) is 89.0 Å². The third-order valence-electron chi connectivity index (χ3n) is 5.59. The molecule has 1 fully saturated rings. The van der Waals surface area contributed by atoms with Crippen molar-refractivity contribution < 1.29 is 14.3 Å². The highest BCUT2D eigenvalue weighted by atomic mass is 16.5. The van der Waals surface area contributed by atoms with E-state index in [1.165, 1.54) is 5.56 Å². The van der Waals surface area contributed by atoms with Gasteiger partial charge in [-0.05, 0) is 78.4 Å². The third kappa shape index (κ3) is 4.87. The second-order valence-corrected chi connectivity index (χ2v) is 7.79. The van der Waals surface area contributed by atoms with E-state index in [0.29, 0.717) is 12.2 Å². The van der Waals surface area contributed by atoms with Crippen LogP contribution in [0.3, 0.4) is 0 Å². The molecule has 0 saturated heterocycles. The van der Waals surface area contributed by atoms with Gasteiger partial charge in [0, 0.05) is 11.6 Å². The number of ether oxygens (including phenoxy) is 2. The van der Waals surface area contributed by atoms with E-state index in [4.69, 9.17) is 14.7 Å². The lowest BCUT2D eigenvalue weighted by Crippen LogP contribution is -2.15. The number of nitrogens with zero attached hydrogens (tertiary/aromatic N) is 1. The Morgan fingerprint density at radius 2 is 1.87 bits per heavy atom. The lowest BCUT2D eigenvalue weighted by atomic mass is 10.1. The van der Waals surface area contributed by atoms with Crippen molar-refractivity contribution in [1.29, 1.82) is 5.26 Å². The Morgan fingerprint density at radius 1 is 1.10 bits per heavy atom. The summed E-state index contributed by atoms with van der Waals surface area (Å²) in [6, 6.07) is 23.1. The zero-order valence-corrected chi connectivity index (χ0v) is 17.6. The number of rotatable bonds is 7. The summed E-state index contributed by atoms with van der Waals surface area (Å²) in [5.74, 6) is 1.85. The highest BCUT2D eigenvalue weighted by Gasteiger charge is 2.44. The van der Waals surface area contributed by atoms with Gasteiger partial charge in [0.25, 0.3) is 0 Å². The molecule has 1 amide bonds. The Bertz CT molecular complexity index is 1130. The first-order chi connectivity index (χ1) is 15.1. The van der Waals surface area contributed by atoms with Gasteiger partial charge in [-0.3, -0.25) is 4.79 Å². The lowest BCUT2D eigenvalue weighted by Gasteiger charge is -2.12. The summed E-state index contributed by atoms with van der Waals surface area (Å²) in [6.45, 7) is 2.33. The van der Waals surface area contributed by atoms with Crippen molar-refractivity contribution in [3.63, 3.8) is 0 Å². The van der Waals surface area contributed by atoms with E-state index in [9.17, 15) is 4.79 Å². The van der Waals surface area contributed by atoms with Crippen molar-refractivity contribution in [3.8, 4) is 17.6 Å². The number of nitrogens with one attached hydrogen (secondary N) is 1. The zero-order valence-electron chi connectivity index (χ0n) is 17.6. The third-order valence-corrected chi connectivity index (χ3v) is 5.59. The molecule has 1 N–H and O–H groups in total. The van der Waals surface area contributed by atoms with Gasteiger partial charge in [0.15, 0.2) is 0 Å². The Morgan fingerprint density at radius 3 is 2.58 bits per heavy atom. The highest BCUT2D eigenvalue weighted by molar-refractivity contribution is 5.95. The number of methoxy groups -OCH3 is 1. The highest BCUT2D eigenvalue weighted by Crippen LogP contribution is 2.48. The quantitative estimate of drug-likeness (QED) is 0.579. The standard InChI is InChI=1S/C26H24N2O3/c1-17-12-22(31-16-19-5-3-4-18(13-19)15-27)10-11-25(17)28-26(29)24-14-23(24)20-6-8-21(30-2)9-7-20/h3-13,23-24H,14,16H2,1-2H3,(H,28,29). The van der Waals surface area contributed by atoms with Crippen LogP contribution < -0.4 is 14.8 Å². The van der Waals surface area contributed by atoms with Crippen LogP contribution in [0.2, 0.25) is 0 Å². The van der Waals surface area contributed by atoms with Crippen LogP contribution in [-0.2, 0) is 11.4 Å². The van der Waals surface area contributed by atoms with Crippen LogP contribution in [0.25, 0.3) is 0 Å². The Labute approximate surface area is 182 Å². The first-order valence-electron chi connectivity index (χ1n) is 10.2. The Kier molecular flexibility index (Phi) is 5.90. The van der Waals surface area contributed by atoms with Crippen LogP contribution in [0.5, 0.6) is 11.5 Å². The molecule has 2 unspecified atom stereocenters. The zero-order chi connectivity index (χ0) is 21.8. The molecule has 31 heavy (non-hydrogen) atoms. The van der Waals surface area contributed by atoms with Crippen LogP contribution in [0.4, 0.5) is 5.69 Å². The van der Waals surface area contributed by atoms with Gasteiger partial charge in [0.1, 0.15) is 18.1 Å². The van der Waals surface area contributed by atoms with E-state index in [0.717, 1.165) is 34.7 Å². The molecule has 1 aliphatic rings. The fourth-order valence-corrected chi connectivity index (χ4v) is 3.69. The number of anilines is 1. The summed E-state index contributed by atoms with van der Waals surface area (Å²) in [5.41, 5.74) is 4.46. The molecule has 0 radical (unpaired) electrons. The number of amides is 1. The number of benzene rings is 3. The van der Waals surface area contributed by atoms with E-state index in [-0.39, 0.29) is 17.7 Å². The predicted octanol–water partition coefficient (Wildman–Crippen LogP) is 5.20. The largest absolute Gasteiger partial charge is 0.497 e. The van der Waals surface area contributed by atoms with E-state index < -0.39 is 0 Å². The van der Waals surface area contributed by atoms with Crippen LogP contribution in [0, 0.1) is 24.2 Å². The molecule has 3 aromatic rings. The van der Waals surface area contributed by atoms with Crippen LogP contribution in [-0.4, -0.2) is 13.0 Å². The fourth-order valence-electron chi connectivity index (χ4n) is 3.69. The number of nitriles is 1. The minimum Gasteiger partial charge on any atom is -0.497 e. The number of carbonyl (C=O) groups excluding carboxylic acids is 1. The monoisotopic (exact) mass is 412 g/mol. The maximum atomic E-state index is 12.7. The maximum Gasteiger partial charge on any atom is 0.228 e.